The summed E-state index contributed by atoms with van der Waals surface area (Å²) in [6, 6.07) is 29.5. The Labute approximate surface area is 299 Å². The monoisotopic (exact) mass is 686 g/mol. The maximum atomic E-state index is 13.0. The van der Waals surface area contributed by atoms with Crippen LogP contribution in [0.15, 0.2) is 103 Å². The van der Waals surface area contributed by atoms with Gasteiger partial charge in [-0.25, -0.2) is 0 Å². The van der Waals surface area contributed by atoms with Crippen LogP contribution in [0.2, 0.25) is 0 Å². The number of aldehydes is 1. The number of carbonyl (C=O) groups excluding carboxylic acids is 3. The Morgan fingerprint density at radius 3 is 2.43 bits per heavy atom. The quantitative estimate of drug-likeness (QED) is 0.0469. The van der Waals surface area contributed by atoms with Gasteiger partial charge >= 0.3 is 0 Å². The smallest absolute Gasteiger partial charge is 0.251 e. The van der Waals surface area contributed by atoms with Gasteiger partial charge in [-0.05, 0) is 83.1 Å². The number of benzene rings is 4. The molecule has 9 heteroatoms. The number of hydrogen-bond donors (Lipinski definition) is 5. The van der Waals surface area contributed by atoms with Crippen LogP contribution in [-0.4, -0.2) is 73.0 Å². The maximum absolute atomic E-state index is 13.0. The van der Waals surface area contributed by atoms with Crippen molar-refractivity contribution in [2.24, 2.45) is 0 Å². The van der Waals surface area contributed by atoms with Crippen LogP contribution < -0.4 is 16.0 Å². The van der Waals surface area contributed by atoms with Crippen molar-refractivity contribution in [2.75, 3.05) is 45.1 Å². The summed E-state index contributed by atoms with van der Waals surface area (Å²) >= 11 is 0. The molecule has 1 aliphatic rings. The van der Waals surface area contributed by atoms with Crippen LogP contribution in [0, 0.1) is 0 Å². The van der Waals surface area contributed by atoms with E-state index >= 15 is 0 Å². The van der Waals surface area contributed by atoms with Crippen molar-refractivity contribution in [1.29, 1.82) is 0 Å². The first kappa shape index (κ1) is 36.8. The molecule has 9 nitrogen and oxygen atoms in total. The Kier molecular flexibility index (Phi) is 12.9. The minimum Gasteiger partial charge on any atom is -0.506 e. The van der Waals surface area contributed by atoms with Crippen molar-refractivity contribution < 1.29 is 24.6 Å². The third kappa shape index (κ3) is 9.60. The zero-order valence-electron chi connectivity index (χ0n) is 29.1. The van der Waals surface area contributed by atoms with E-state index < -0.39 is 6.10 Å². The van der Waals surface area contributed by atoms with Crippen molar-refractivity contribution in [3.63, 3.8) is 0 Å². The average Bonchev–Trinajstić information content (AvgIpc) is 3.18. The first-order chi connectivity index (χ1) is 24.8. The van der Waals surface area contributed by atoms with Crippen LogP contribution in [-0.2, 0) is 16.0 Å². The molecule has 0 spiro atoms. The fourth-order valence-corrected chi connectivity index (χ4v) is 6.37. The van der Waals surface area contributed by atoms with E-state index in [-0.39, 0.29) is 36.6 Å². The number of amides is 2. The average molecular weight is 687 g/mol. The largest absolute Gasteiger partial charge is 0.506 e. The van der Waals surface area contributed by atoms with E-state index in [0.29, 0.717) is 54.7 Å². The summed E-state index contributed by atoms with van der Waals surface area (Å²) < 4.78 is 0. The van der Waals surface area contributed by atoms with E-state index in [9.17, 15) is 24.6 Å². The molecular formula is C42H46N4O5. The van der Waals surface area contributed by atoms with Crippen molar-refractivity contribution in [1.82, 2.24) is 15.5 Å². The van der Waals surface area contributed by atoms with Gasteiger partial charge < -0.3 is 31.1 Å². The summed E-state index contributed by atoms with van der Waals surface area (Å²) in [5, 5.41) is 29.9. The zero-order valence-corrected chi connectivity index (χ0v) is 29.1. The van der Waals surface area contributed by atoms with Crippen molar-refractivity contribution in [2.45, 2.75) is 31.8 Å². The summed E-state index contributed by atoms with van der Waals surface area (Å²) in [5.74, 6) is -0.106. The molecule has 0 aliphatic carbocycles. The number of phenolic OH excluding ortho intramolecular Hbond substituents is 1. The Bertz CT molecular complexity index is 1870. The minimum absolute atomic E-state index is 0.0241. The molecule has 0 saturated carbocycles. The molecule has 4 aromatic rings. The number of nitrogens with zero attached hydrogens (tertiary/aromatic N) is 1. The number of phenols is 1. The molecular weight excluding hydrogens is 640 g/mol. The summed E-state index contributed by atoms with van der Waals surface area (Å²) in [6.45, 7) is 4.10. The molecule has 4 aromatic carbocycles. The van der Waals surface area contributed by atoms with Crippen LogP contribution in [0.4, 0.5) is 5.69 Å². The molecule has 2 amide bonds. The molecule has 5 N–H and O–H groups in total. The van der Waals surface area contributed by atoms with E-state index in [0.717, 1.165) is 12.0 Å². The van der Waals surface area contributed by atoms with Gasteiger partial charge in [-0.1, -0.05) is 85.8 Å². The van der Waals surface area contributed by atoms with Gasteiger partial charge in [0, 0.05) is 43.7 Å². The third-order valence-corrected chi connectivity index (χ3v) is 9.37. The molecule has 264 valence electrons. The van der Waals surface area contributed by atoms with Crippen LogP contribution in [0.3, 0.4) is 0 Å². The third-order valence-electron chi connectivity index (χ3n) is 9.37. The predicted octanol–water partition coefficient (Wildman–Crippen LogP) is 5.71. The van der Waals surface area contributed by atoms with Crippen LogP contribution in [0.1, 0.15) is 69.1 Å². The van der Waals surface area contributed by atoms with E-state index in [1.807, 2.05) is 18.2 Å². The second kappa shape index (κ2) is 17.9. The Balaban J connectivity index is 1.06. The summed E-state index contributed by atoms with van der Waals surface area (Å²) in [5.41, 5.74) is 7.99. The molecule has 0 bridgehead atoms. The van der Waals surface area contributed by atoms with Crippen molar-refractivity contribution in [3.8, 4) is 5.75 Å². The predicted molar refractivity (Wildman–Crippen MR) is 203 cm³/mol. The number of aromatic hydroxyl groups is 1. The number of allylic oxidation sites excluding steroid dienone is 1. The standard InChI is InChI=1S/C42H46N4O5/c1-29(31-8-4-3-5-9-31)34-10-6-11-35(26-34)32-20-23-46(24-21-32)40(50)28-45-42(51)33-15-13-30(14-16-33)19-22-44-27-39(49)36-17-18-38(48)41(43-2)37(36)12-7-25-47/h3-18,20,25-26,29,39,43-44,48-49H,19,21-24,27-28H2,1-2H3,(H,45,51)/b12-7-. The highest BCUT2D eigenvalue weighted by Gasteiger charge is 2.20. The number of rotatable bonds is 15. The number of nitrogens with one attached hydrogen (secondary N) is 3. The van der Waals surface area contributed by atoms with Gasteiger partial charge in [0.25, 0.3) is 5.91 Å². The van der Waals surface area contributed by atoms with Gasteiger partial charge in [-0.3, -0.25) is 14.4 Å². The van der Waals surface area contributed by atoms with Crippen molar-refractivity contribution >= 4 is 35.4 Å². The summed E-state index contributed by atoms with van der Waals surface area (Å²) in [4.78, 5) is 38.4. The number of aliphatic hydroxyl groups is 1. The van der Waals surface area contributed by atoms with E-state index in [4.69, 9.17) is 0 Å². The Morgan fingerprint density at radius 2 is 1.73 bits per heavy atom. The molecule has 2 atom stereocenters. The molecule has 1 aliphatic heterocycles. The SMILES string of the molecule is CNc1c(O)ccc(C(O)CNCCc2ccc(C(=O)NCC(=O)N3CC=C(c4cccc(C(C)c5ccccc5)c4)CC3)cc2)c1/C=C\C=O. The lowest BCUT2D eigenvalue weighted by Crippen LogP contribution is -2.42. The molecule has 0 fully saturated rings. The summed E-state index contributed by atoms with van der Waals surface area (Å²) in [7, 11) is 1.66. The van der Waals surface area contributed by atoms with Gasteiger partial charge in [0.1, 0.15) is 12.0 Å². The topological polar surface area (TPSA) is 131 Å². The van der Waals surface area contributed by atoms with Crippen LogP contribution in [0.25, 0.3) is 11.6 Å². The number of anilines is 1. The lowest BCUT2D eigenvalue weighted by Gasteiger charge is -2.27. The second-order valence-corrected chi connectivity index (χ2v) is 12.6. The summed E-state index contributed by atoms with van der Waals surface area (Å²) in [6.07, 6.45) is 6.18. The van der Waals surface area contributed by atoms with Crippen LogP contribution >= 0.6 is 0 Å². The van der Waals surface area contributed by atoms with E-state index in [1.165, 1.54) is 34.4 Å². The molecule has 0 aromatic heterocycles. The highest BCUT2D eigenvalue weighted by atomic mass is 16.3. The first-order valence-electron chi connectivity index (χ1n) is 17.3. The number of aliphatic hydroxyl groups excluding tert-OH is 1. The Morgan fingerprint density at radius 1 is 0.961 bits per heavy atom. The normalized spacial score (nSPS) is 14.1. The van der Waals surface area contributed by atoms with Gasteiger partial charge in [0.2, 0.25) is 5.91 Å². The second-order valence-electron chi connectivity index (χ2n) is 12.6. The molecule has 1 heterocycles. The lowest BCUT2D eigenvalue weighted by atomic mass is 9.90. The maximum Gasteiger partial charge on any atom is 0.251 e. The molecule has 51 heavy (non-hydrogen) atoms. The van der Waals surface area contributed by atoms with Gasteiger partial charge in [0.15, 0.2) is 0 Å². The van der Waals surface area contributed by atoms with E-state index in [2.05, 4.69) is 77.5 Å². The highest BCUT2D eigenvalue weighted by Crippen LogP contribution is 2.34. The lowest BCUT2D eigenvalue weighted by molar-refractivity contribution is -0.129. The minimum atomic E-state index is -0.869. The highest BCUT2D eigenvalue weighted by molar-refractivity contribution is 5.96. The van der Waals surface area contributed by atoms with Gasteiger partial charge in [-0.2, -0.15) is 0 Å². The van der Waals surface area contributed by atoms with E-state index in [1.54, 1.807) is 36.2 Å². The molecule has 5 rings (SSSR count). The molecule has 0 radical (unpaired) electrons. The zero-order chi connectivity index (χ0) is 36.2. The van der Waals surface area contributed by atoms with Crippen molar-refractivity contribution in [3.05, 3.63) is 142 Å². The fourth-order valence-electron chi connectivity index (χ4n) is 6.37. The fraction of sp³-hybridized carbons (Fsp3) is 0.262. The number of carbonyl (C=O) groups is 3. The molecule has 2 unspecified atom stereocenters. The van der Waals surface area contributed by atoms with Gasteiger partial charge in [-0.15, -0.1) is 0 Å². The molecule has 0 saturated heterocycles. The number of hydrogen-bond acceptors (Lipinski definition) is 7. The Hall–Kier alpha value is -5.51. The van der Waals surface area contributed by atoms with Gasteiger partial charge in [0.05, 0.1) is 18.3 Å². The van der Waals surface area contributed by atoms with Crippen LogP contribution in [0.5, 0.6) is 5.75 Å². The first-order valence-corrected chi connectivity index (χ1v) is 17.3.